The largest absolute Gasteiger partial charge is 0.475 e. The van der Waals surface area contributed by atoms with Crippen LogP contribution < -0.4 is 10.1 Å². The summed E-state index contributed by atoms with van der Waals surface area (Å²) in [6, 6.07) is 10.8. The maximum Gasteiger partial charge on any atom is 0.270 e. The van der Waals surface area contributed by atoms with Crippen LogP contribution >= 0.6 is 0 Å². The topological polar surface area (TPSA) is 114 Å². The fourth-order valence-electron chi connectivity index (χ4n) is 6.93. The van der Waals surface area contributed by atoms with Crippen LogP contribution in [0.3, 0.4) is 0 Å². The number of pyridine rings is 1. The molecule has 3 amide bonds. The number of rotatable bonds is 2. The van der Waals surface area contributed by atoms with E-state index in [1.165, 1.54) is 12.1 Å². The molecule has 5 aliphatic rings. The third kappa shape index (κ3) is 7.62. The number of benzene rings is 1. The molecule has 0 unspecified atom stereocenters. The van der Waals surface area contributed by atoms with Gasteiger partial charge in [0, 0.05) is 64.1 Å². The summed E-state index contributed by atoms with van der Waals surface area (Å²) in [7, 11) is 0. The molecular formula is C33H42FN5O6. The number of nitrogens with one attached hydrogen (secondary N) is 1. The lowest BCUT2D eigenvalue weighted by Crippen LogP contribution is -2.52. The molecule has 11 nitrogen and oxygen atoms in total. The van der Waals surface area contributed by atoms with Crippen LogP contribution in [0.25, 0.3) is 0 Å². The molecule has 7 rings (SSSR count). The Hall–Kier alpha value is -3.61. The van der Waals surface area contributed by atoms with Crippen molar-refractivity contribution in [1.29, 1.82) is 0 Å². The number of fused-ring (bicyclic) bond motifs is 10. The van der Waals surface area contributed by atoms with E-state index in [-0.39, 0.29) is 72.8 Å². The second-order valence-electron chi connectivity index (χ2n) is 12.3. The Morgan fingerprint density at radius 1 is 0.867 bits per heavy atom. The Labute approximate surface area is 263 Å². The van der Waals surface area contributed by atoms with Crippen LogP contribution in [0.2, 0.25) is 0 Å². The predicted octanol–water partition coefficient (Wildman–Crippen LogP) is 2.36. The molecule has 0 aliphatic carbocycles. The van der Waals surface area contributed by atoms with Crippen molar-refractivity contribution < 1.29 is 33.0 Å². The molecule has 5 aliphatic heterocycles. The van der Waals surface area contributed by atoms with Crippen molar-refractivity contribution in [3.05, 3.63) is 59.5 Å². The maximum atomic E-state index is 14.6. The van der Waals surface area contributed by atoms with Crippen molar-refractivity contribution in [1.82, 2.24) is 25.0 Å². The number of nitrogens with zero attached hydrogens (tertiary/aromatic N) is 4. The molecule has 45 heavy (non-hydrogen) atoms. The zero-order valence-corrected chi connectivity index (χ0v) is 25.6. The molecule has 6 heterocycles. The number of hydrogen-bond acceptors (Lipinski definition) is 8. The van der Waals surface area contributed by atoms with Crippen LogP contribution in [0.15, 0.2) is 42.5 Å². The van der Waals surface area contributed by atoms with Gasteiger partial charge in [0.15, 0.2) is 0 Å². The summed E-state index contributed by atoms with van der Waals surface area (Å²) >= 11 is 0. The first kappa shape index (κ1) is 31.4. The lowest BCUT2D eigenvalue weighted by molar-refractivity contribution is -0.139. The summed E-state index contributed by atoms with van der Waals surface area (Å²) in [5, 5.41) is 3.12. The van der Waals surface area contributed by atoms with Gasteiger partial charge in [-0.25, -0.2) is 9.37 Å². The zero-order valence-electron chi connectivity index (χ0n) is 25.6. The minimum Gasteiger partial charge on any atom is -0.475 e. The Morgan fingerprint density at radius 3 is 2.44 bits per heavy atom. The molecule has 3 fully saturated rings. The first-order chi connectivity index (χ1) is 22.0. The van der Waals surface area contributed by atoms with Gasteiger partial charge in [0.05, 0.1) is 24.8 Å². The highest BCUT2D eigenvalue weighted by Gasteiger charge is 2.43. The predicted molar refractivity (Wildman–Crippen MR) is 162 cm³/mol. The normalized spacial score (nSPS) is 26.2. The number of hydrogen-bond donors (Lipinski definition) is 1. The molecule has 3 saturated heterocycles. The summed E-state index contributed by atoms with van der Waals surface area (Å²) in [4.78, 5) is 51.0. The van der Waals surface area contributed by atoms with E-state index in [0.29, 0.717) is 58.2 Å². The first-order valence-corrected chi connectivity index (χ1v) is 16.1. The van der Waals surface area contributed by atoms with Gasteiger partial charge < -0.3 is 29.3 Å². The number of halogens is 1. The number of piperidine rings is 1. The van der Waals surface area contributed by atoms with Gasteiger partial charge in [-0.15, -0.1) is 0 Å². The summed E-state index contributed by atoms with van der Waals surface area (Å²) in [5.41, 5.74) is 0.285. The molecule has 12 heteroatoms. The molecule has 6 bridgehead atoms. The zero-order chi connectivity index (χ0) is 31.2. The van der Waals surface area contributed by atoms with Gasteiger partial charge in [-0.1, -0.05) is 18.2 Å². The smallest absolute Gasteiger partial charge is 0.270 e. The van der Waals surface area contributed by atoms with Gasteiger partial charge in [0.25, 0.3) is 11.8 Å². The minimum atomic E-state index is -0.550. The number of aromatic nitrogens is 1. The van der Waals surface area contributed by atoms with E-state index in [2.05, 4.69) is 15.2 Å². The molecule has 0 spiro atoms. The van der Waals surface area contributed by atoms with E-state index in [1.54, 1.807) is 35.2 Å². The van der Waals surface area contributed by atoms with Crippen LogP contribution in [0.5, 0.6) is 5.88 Å². The maximum absolute atomic E-state index is 14.6. The van der Waals surface area contributed by atoms with Gasteiger partial charge in [0.2, 0.25) is 11.8 Å². The third-order valence-electron chi connectivity index (χ3n) is 9.36. The van der Waals surface area contributed by atoms with Crippen molar-refractivity contribution >= 4 is 17.7 Å². The monoisotopic (exact) mass is 623 g/mol. The summed E-state index contributed by atoms with van der Waals surface area (Å²) in [6.07, 6.45) is 3.71. The second-order valence-corrected chi connectivity index (χ2v) is 12.3. The first-order valence-electron chi connectivity index (χ1n) is 16.1. The van der Waals surface area contributed by atoms with Crippen molar-refractivity contribution in [2.75, 3.05) is 65.8 Å². The van der Waals surface area contributed by atoms with Gasteiger partial charge in [-0.2, -0.15) is 0 Å². The third-order valence-corrected chi connectivity index (χ3v) is 9.36. The van der Waals surface area contributed by atoms with E-state index >= 15 is 0 Å². The lowest BCUT2D eigenvalue weighted by atomic mass is 9.95. The van der Waals surface area contributed by atoms with Crippen LogP contribution in [-0.4, -0.2) is 121 Å². The van der Waals surface area contributed by atoms with E-state index in [9.17, 15) is 18.8 Å². The molecule has 1 N–H and O–H groups in total. The van der Waals surface area contributed by atoms with Gasteiger partial charge in [0.1, 0.15) is 18.1 Å². The molecule has 1 aromatic carbocycles. The number of carbonyl (C=O) groups is 3. The number of carbonyl (C=O) groups excluding carboxylic acids is 3. The second kappa shape index (κ2) is 14.7. The van der Waals surface area contributed by atoms with Gasteiger partial charge >= 0.3 is 0 Å². The standard InChI is InChI=1S/C33H42FN5O6/c34-27-5-2-1-4-26(27)32(41)38-14-17-44-18-19-45-30-7-3-6-28(36-30)31(40)35-24-20-29(39(22-24)25-10-15-43-16-11-25)33(42)37-12-8-23(21-38)9-13-37/h1-7,23-25,29H,8-22H2,(H,35,40)/t24-,29+/m1/s1. The van der Waals surface area contributed by atoms with E-state index in [1.807, 2.05) is 4.90 Å². The summed E-state index contributed by atoms with van der Waals surface area (Å²) in [6.45, 7) is 4.56. The van der Waals surface area contributed by atoms with E-state index < -0.39 is 5.82 Å². The van der Waals surface area contributed by atoms with Crippen LogP contribution in [0.1, 0.15) is 53.0 Å². The van der Waals surface area contributed by atoms with E-state index in [0.717, 1.165) is 25.7 Å². The molecule has 2 aromatic rings. The Morgan fingerprint density at radius 2 is 1.64 bits per heavy atom. The Bertz CT molecular complexity index is 1350. The van der Waals surface area contributed by atoms with Gasteiger partial charge in [-0.05, 0) is 56.2 Å². The van der Waals surface area contributed by atoms with Crippen molar-refractivity contribution in [3.8, 4) is 5.88 Å². The SMILES string of the molecule is O=C1N[C@@H]2C[C@@H](C(=O)N3CCC(CC3)CN(C(=O)c3ccccc3F)CCOCCOc3cccc1n3)N(C1CCOCC1)C2. The van der Waals surface area contributed by atoms with Crippen LogP contribution in [-0.2, 0) is 14.3 Å². The summed E-state index contributed by atoms with van der Waals surface area (Å²) < 4.78 is 31.7. The highest BCUT2D eigenvalue weighted by Crippen LogP contribution is 2.29. The molecule has 2 atom stereocenters. The Kier molecular flexibility index (Phi) is 10.2. The quantitative estimate of drug-likeness (QED) is 0.508. The number of ether oxygens (including phenoxy) is 3. The van der Waals surface area contributed by atoms with Crippen LogP contribution in [0, 0.1) is 11.7 Å². The molecule has 1 aromatic heterocycles. The average Bonchev–Trinajstić information content (AvgIpc) is 3.49. The number of amides is 3. The molecule has 242 valence electrons. The molecular weight excluding hydrogens is 581 g/mol. The highest BCUT2D eigenvalue weighted by molar-refractivity contribution is 5.94. The molecule has 0 radical (unpaired) electrons. The fraction of sp³-hybridized carbons (Fsp3) is 0.576. The number of likely N-dealkylation sites (tertiary alicyclic amines) is 1. The van der Waals surface area contributed by atoms with Crippen molar-refractivity contribution in [2.45, 2.75) is 50.2 Å². The van der Waals surface area contributed by atoms with Crippen molar-refractivity contribution in [3.63, 3.8) is 0 Å². The van der Waals surface area contributed by atoms with Gasteiger partial charge in [-0.3, -0.25) is 19.3 Å². The fourth-order valence-corrected chi connectivity index (χ4v) is 6.93. The summed E-state index contributed by atoms with van der Waals surface area (Å²) in [5.74, 6) is -0.654. The average molecular weight is 624 g/mol. The highest BCUT2D eigenvalue weighted by atomic mass is 19.1. The van der Waals surface area contributed by atoms with Crippen LogP contribution in [0.4, 0.5) is 4.39 Å². The Balaban J connectivity index is 1.21. The molecule has 0 saturated carbocycles. The van der Waals surface area contributed by atoms with E-state index in [4.69, 9.17) is 14.2 Å². The lowest BCUT2D eigenvalue weighted by Gasteiger charge is -2.39. The van der Waals surface area contributed by atoms with Crippen molar-refractivity contribution in [2.24, 2.45) is 5.92 Å². The minimum absolute atomic E-state index is 0.0390.